The van der Waals surface area contributed by atoms with E-state index in [1.165, 1.54) is 12.0 Å². The second-order valence-corrected chi connectivity index (χ2v) is 11.4. The number of methoxy groups -OCH3 is 1. The van der Waals surface area contributed by atoms with Crippen LogP contribution in [0.4, 0.5) is 0 Å². The molecule has 0 aromatic rings. The first-order valence-corrected chi connectivity index (χ1v) is 16.4. The first-order valence-electron chi connectivity index (χ1n) is 15.1. The Labute approximate surface area is 291 Å². The molecule has 3 saturated heterocycles. The molecule has 0 radical (unpaired) electrons. The molecular weight excluding hydrogens is 675 g/mol. The summed E-state index contributed by atoms with van der Waals surface area (Å²) in [5, 5.41) is 1.53. The molecule has 0 bridgehead atoms. The summed E-state index contributed by atoms with van der Waals surface area (Å²) in [5.41, 5.74) is 7.28. The molecule has 3 fully saturated rings. The first-order chi connectivity index (χ1) is 22.4. The van der Waals surface area contributed by atoms with E-state index < -0.39 is 11.9 Å². The molecule has 268 valence electrons. The maximum atomic E-state index is 11.6. The Morgan fingerprint density at radius 3 is 1.47 bits per heavy atom. The highest BCUT2D eigenvalue weighted by molar-refractivity contribution is 7.80. The number of nitrogens with zero attached hydrogens (tertiary/aromatic N) is 5. The molecule has 0 aromatic carbocycles. The van der Waals surface area contributed by atoms with Gasteiger partial charge in [0, 0.05) is 65.4 Å². The lowest BCUT2D eigenvalue weighted by Crippen LogP contribution is -2.55. The Balaban J connectivity index is 0.000000354. The minimum Gasteiger partial charge on any atom is -0.469 e. The number of nitrogens with two attached hydrogens (primary N) is 3. The van der Waals surface area contributed by atoms with Crippen LogP contribution in [0.1, 0.15) is 26.7 Å². The van der Waals surface area contributed by atoms with Crippen LogP contribution >= 0.6 is 36.7 Å². The van der Waals surface area contributed by atoms with E-state index in [2.05, 4.69) is 25.8 Å². The summed E-state index contributed by atoms with van der Waals surface area (Å²) in [6.07, 6.45) is 1.54. The van der Waals surface area contributed by atoms with Gasteiger partial charge in [-0.15, -0.1) is 0 Å². The predicted octanol–water partition coefficient (Wildman–Crippen LogP) is -3.02. The number of carbonyl (C=O) groups excluding carboxylic acids is 4. The van der Waals surface area contributed by atoms with Crippen molar-refractivity contribution < 1.29 is 33.4 Å². The largest absolute Gasteiger partial charge is 0.469 e. The van der Waals surface area contributed by atoms with E-state index in [-0.39, 0.29) is 24.5 Å². The number of hydrogen-bond acceptors (Lipinski definition) is 14. The molecule has 0 spiro atoms. The summed E-state index contributed by atoms with van der Waals surface area (Å²) in [7, 11) is 1.42. The van der Waals surface area contributed by atoms with Crippen LogP contribution in [0, 0.1) is 5.92 Å². The van der Waals surface area contributed by atoms with Crippen LogP contribution in [0.15, 0.2) is 0 Å². The average Bonchev–Trinajstić information content (AvgIpc) is 3.11. The van der Waals surface area contributed by atoms with E-state index in [9.17, 15) is 19.2 Å². The topological polar surface area (TPSA) is 226 Å². The normalized spacial score (nSPS) is 16.6. The van der Waals surface area contributed by atoms with Crippen LogP contribution in [0.5, 0.6) is 0 Å². The minimum atomic E-state index is -0.805. The molecule has 1 amide bonds. The van der Waals surface area contributed by atoms with Crippen molar-refractivity contribution in [2.45, 2.75) is 26.7 Å². The first kappa shape index (κ1) is 41.8. The number of esters is 3. The molecule has 0 aromatic heterocycles. The highest BCUT2D eigenvalue weighted by atomic mass is 32.1. The fraction of sp³-hybridized carbons (Fsp3) is 0.731. The molecule has 3 aliphatic heterocycles. The van der Waals surface area contributed by atoms with Crippen molar-refractivity contribution in [2.75, 3.05) is 92.3 Å². The van der Waals surface area contributed by atoms with Gasteiger partial charge in [-0.1, -0.05) is 0 Å². The second kappa shape index (κ2) is 23.2. The van der Waals surface area contributed by atoms with Crippen molar-refractivity contribution in [3.8, 4) is 0 Å². The van der Waals surface area contributed by atoms with Crippen LogP contribution in [-0.4, -0.2) is 156 Å². The van der Waals surface area contributed by atoms with E-state index in [0.717, 1.165) is 52.1 Å². The lowest BCUT2D eigenvalue weighted by Gasteiger charge is -2.35. The van der Waals surface area contributed by atoms with Crippen molar-refractivity contribution in [3.63, 3.8) is 0 Å². The van der Waals surface area contributed by atoms with Gasteiger partial charge in [0.25, 0.3) is 0 Å². The number of ether oxygens (including phenoxy) is 3. The van der Waals surface area contributed by atoms with E-state index in [0.29, 0.717) is 54.7 Å². The van der Waals surface area contributed by atoms with Gasteiger partial charge in [0.1, 0.15) is 0 Å². The fourth-order valence-corrected chi connectivity index (χ4v) is 5.24. The standard InChI is InChI=1S/C9H16N4O3S.C9H18N4O2S.C8H15N3O2S/c1-2-16-8(15)7(14)12-3-5-13(6-4-12)9(17)11-10;1-2-15-8(14)7-12-3-5-13(6-4-12)9(16)11-10;1-13-7(12)6-2-4-11(5-3-6)8(14)10-9/h2-6,10H2,1H3,(H,11,17);2-7,10H2,1H3,(H,11,16);6H,2-5,9H2,1H3,(H,10,14). The van der Waals surface area contributed by atoms with Crippen LogP contribution < -0.4 is 33.8 Å². The second-order valence-electron chi connectivity index (χ2n) is 10.2. The SMILES string of the molecule is CCOC(=O)C(=O)N1CCN(C(=S)NN)CC1.CCOC(=O)CN1CCN(C(=S)NN)CC1.COC(=O)C1CCN(C(=S)NN)CC1. The van der Waals surface area contributed by atoms with Gasteiger partial charge in [0.2, 0.25) is 0 Å². The molecule has 0 atom stereocenters. The van der Waals surface area contributed by atoms with E-state index in [1.807, 2.05) is 19.6 Å². The Hall–Kier alpha value is -3.21. The zero-order chi connectivity index (χ0) is 35.4. The highest BCUT2D eigenvalue weighted by Gasteiger charge is 2.28. The molecule has 0 aliphatic carbocycles. The number of likely N-dealkylation sites (tertiary alicyclic amines) is 1. The van der Waals surface area contributed by atoms with Gasteiger partial charge in [-0.3, -0.25) is 19.3 Å². The highest BCUT2D eigenvalue weighted by Crippen LogP contribution is 2.18. The molecular formula is C26H49N11O7S3. The Morgan fingerprint density at radius 2 is 1.06 bits per heavy atom. The molecule has 21 heteroatoms. The number of piperidine rings is 1. The molecule has 18 nitrogen and oxygen atoms in total. The number of nitrogens with one attached hydrogen (secondary N) is 3. The Kier molecular flexibility index (Phi) is 20.6. The van der Waals surface area contributed by atoms with Gasteiger partial charge in [-0.25, -0.2) is 22.3 Å². The quantitative estimate of drug-likeness (QED) is 0.0414. The fourth-order valence-electron chi connectivity index (χ4n) is 4.69. The Morgan fingerprint density at radius 1 is 0.660 bits per heavy atom. The van der Waals surface area contributed by atoms with Gasteiger partial charge in [-0.2, -0.15) is 0 Å². The molecule has 3 heterocycles. The summed E-state index contributed by atoms with van der Waals surface area (Å²) in [6, 6.07) is 0. The summed E-state index contributed by atoms with van der Waals surface area (Å²) in [4.78, 5) is 54.5. The molecule has 9 N–H and O–H groups in total. The number of hydrogen-bond donors (Lipinski definition) is 6. The Bertz CT molecular complexity index is 1030. The number of hydrazine groups is 3. The smallest absolute Gasteiger partial charge is 0.397 e. The summed E-state index contributed by atoms with van der Waals surface area (Å²) < 4.78 is 14.2. The summed E-state index contributed by atoms with van der Waals surface area (Å²) >= 11 is 15.0. The average molecular weight is 724 g/mol. The van der Waals surface area contributed by atoms with E-state index in [1.54, 1.807) is 13.8 Å². The maximum absolute atomic E-state index is 11.6. The third kappa shape index (κ3) is 15.0. The van der Waals surface area contributed by atoms with Gasteiger partial charge in [0.15, 0.2) is 15.3 Å². The molecule has 0 saturated carbocycles. The van der Waals surface area contributed by atoms with Crippen molar-refractivity contribution in [2.24, 2.45) is 23.4 Å². The van der Waals surface area contributed by atoms with E-state index in [4.69, 9.17) is 58.9 Å². The molecule has 3 aliphatic rings. The van der Waals surface area contributed by atoms with E-state index >= 15 is 0 Å². The third-order valence-electron chi connectivity index (χ3n) is 7.31. The van der Waals surface area contributed by atoms with Crippen LogP contribution in [0.25, 0.3) is 0 Å². The number of carbonyl (C=O) groups is 4. The van der Waals surface area contributed by atoms with Crippen molar-refractivity contribution in [3.05, 3.63) is 0 Å². The minimum absolute atomic E-state index is 0.0109. The zero-order valence-corrected chi connectivity index (χ0v) is 29.7. The van der Waals surface area contributed by atoms with Gasteiger partial charge in [0.05, 0.1) is 32.8 Å². The summed E-state index contributed by atoms with van der Waals surface area (Å²) in [5.74, 6) is 13.9. The van der Waals surface area contributed by atoms with Gasteiger partial charge >= 0.3 is 23.8 Å². The monoisotopic (exact) mass is 723 g/mol. The number of amides is 1. The third-order valence-corrected chi connectivity index (χ3v) is 8.44. The summed E-state index contributed by atoms with van der Waals surface area (Å²) in [6.45, 7) is 11.1. The van der Waals surface area contributed by atoms with Crippen molar-refractivity contribution in [1.82, 2.24) is 40.8 Å². The lowest BCUT2D eigenvalue weighted by atomic mass is 9.97. The molecule has 3 rings (SSSR count). The van der Waals surface area contributed by atoms with Crippen molar-refractivity contribution >= 4 is 75.8 Å². The van der Waals surface area contributed by atoms with Gasteiger partial charge in [-0.05, 0) is 63.3 Å². The maximum Gasteiger partial charge on any atom is 0.397 e. The molecule has 47 heavy (non-hydrogen) atoms. The number of piperazine rings is 2. The predicted molar refractivity (Wildman–Crippen MR) is 186 cm³/mol. The molecule has 0 unspecified atom stereocenters. The zero-order valence-electron chi connectivity index (χ0n) is 27.2. The van der Waals surface area contributed by atoms with Crippen LogP contribution in [-0.2, 0) is 33.4 Å². The van der Waals surface area contributed by atoms with Gasteiger partial charge < -0.3 is 50.1 Å². The van der Waals surface area contributed by atoms with Crippen LogP contribution in [0.3, 0.4) is 0 Å². The number of rotatable bonds is 5. The lowest BCUT2D eigenvalue weighted by molar-refractivity contribution is -0.160. The van der Waals surface area contributed by atoms with Crippen molar-refractivity contribution in [1.29, 1.82) is 0 Å². The number of thiocarbonyl (C=S) groups is 3. The van der Waals surface area contributed by atoms with Crippen LogP contribution in [0.2, 0.25) is 0 Å².